The van der Waals surface area contributed by atoms with Crippen molar-refractivity contribution in [1.29, 1.82) is 0 Å². The summed E-state index contributed by atoms with van der Waals surface area (Å²) in [7, 11) is 0. The number of pyridine rings is 1. The van der Waals surface area contributed by atoms with Crippen molar-refractivity contribution in [3.63, 3.8) is 0 Å². The standard InChI is InChI=1S/C18H20N2O/c1-2-11-19-18(13-15-7-5-12-21-15)17-10-9-14-6-3-4-8-16(14)20-17/h3-10,12,18-19H,2,11,13H2,1H3. The molecule has 0 fully saturated rings. The van der Waals surface area contributed by atoms with Gasteiger partial charge in [0.2, 0.25) is 0 Å². The van der Waals surface area contributed by atoms with Crippen molar-refractivity contribution in [3.05, 3.63) is 66.2 Å². The summed E-state index contributed by atoms with van der Waals surface area (Å²) in [6.45, 7) is 3.14. The molecule has 0 aliphatic carbocycles. The maximum atomic E-state index is 5.49. The Morgan fingerprint density at radius 3 is 2.81 bits per heavy atom. The monoisotopic (exact) mass is 280 g/mol. The van der Waals surface area contributed by atoms with E-state index < -0.39 is 0 Å². The van der Waals surface area contributed by atoms with Gasteiger partial charge in [0.25, 0.3) is 0 Å². The smallest absolute Gasteiger partial charge is 0.105 e. The van der Waals surface area contributed by atoms with E-state index in [1.54, 1.807) is 6.26 Å². The van der Waals surface area contributed by atoms with Crippen molar-refractivity contribution in [3.8, 4) is 0 Å². The third-order valence-electron chi connectivity index (χ3n) is 3.60. The normalized spacial score (nSPS) is 12.6. The molecule has 0 radical (unpaired) electrons. The molecule has 0 aliphatic rings. The predicted octanol–water partition coefficient (Wildman–Crippen LogP) is 4.11. The summed E-state index contributed by atoms with van der Waals surface area (Å²) in [6, 6.07) is 16.6. The molecule has 2 heterocycles. The molecule has 108 valence electrons. The highest BCUT2D eigenvalue weighted by molar-refractivity contribution is 5.78. The van der Waals surface area contributed by atoms with Crippen molar-refractivity contribution in [2.45, 2.75) is 25.8 Å². The fraction of sp³-hybridized carbons (Fsp3) is 0.278. The third-order valence-corrected chi connectivity index (χ3v) is 3.60. The quantitative estimate of drug-likeness (QED) is 0.738. The zero-order chi connectivity index (χ0) is 14.5. The minimum absolute atomic E-state index is 0.181. The number of hydrogen-bond acceptors (Lipinski definition) is 3. The molecule has 1 aromatic carbocycles. The topological polar surface area (TPSA) is 38.1 Å². The summed E-state index contributed by atoms with van der Waals surface area (Å²) in [6.07, 6.45) is 3.64. The second-order valence-electron chi connectivity index (χ2n) is 5.22. The number of fused-ring (bicyclic) bond motifs is 1. The van der Waals surface area contributed by atoms with Crippen LogP contribution in [0.15, 0.2) is 59.2 Å². The molecule has 0 spiro atoms. The van der Waals surface area contributed by atoms with E-state index in [-0.39, 0.29) is 6.04 Å². The number of benzene rings is 1. The summed E-state index contributed by atoms with van der Waals surface area (Å²) in [5.41, 5.74) is 2.11. The number of rotatable bonds is 6. The number of aromatic nitrogens is 1. The van der Waals surface area contributed by atoms with Crippen molar-refractivity contribution in [1.82, 2.24) is 10.3 Å². The minimum Gasteiger partial charge on any atom is -0.469 e. The lowest BCUT2D eigenvalue weighted by molar-refractivity contribution is 0.444. The molecule has 3 nitrogen and oxygen atoms in total. The molecular formula is C18H20N2O. The van der Waals surface area contributed by atoms with Gasteiger partial charge in [-0.05, 0) is 37.2 Å². The van der Waals surface area contributed by atoms with E-state index in [1.807, 2.05) is 24.3 Å². The van der Waals surface area contributed by atoms with Gasteiger partial charge in [0.1, 0.15) is 5.76 Å². The molecule has 1 N–H and O–H groups in total. The number of nitrogens with one attached hydrogen (secondary N) is 1. The highest BCUT2D eigenvalue weighted by Gasteiger charge is 2.15. The van der Waals surface area contributed by atoms with Gasteiger partial charge in [-0.15, -0.1) is 0 Å². The van der Waals surface area contributed by atoms with E-state index in [0.29, 0.717) is 0 Å². The number of para-hydroxylation sites is 1. The van der Waals surface area contributed by atoms with Gasteiger partial charge in [-0.2, -0.15) is 0 Å². The SMILES string of the molecule is CCCNC(Cc1ccco1)c1ccc2ccccc2n1. The van der Waals surface area contributed by atoms with Crippen LogP contribution in [-0.4, -0.2) is 11.5 Å². The number of hydrogen-bond donors (Lipinski definition) is 1. The summed E-state index contributed by atoms with van der Waals surface area (Å²) >= 11 is 0. The van der Waals surface area contributed by atoms with Gasteiger partial charge < -0.3 is 9.73 Å². The summed E-state index contributed by atoms with van der Waals surface area (Å²) < 4.78 is 5.49. The maximum Gasteiger partial charge on any atom is 0.105 e. The van der Waals surface area contributed by atoms with Crippen LogP contribution < -0.4 is 5.32 Å². The van der Waals surface area contributed by atoms with Crippen LogP contribution in [0.4, 0.5) is 0 Å². The Morgan fingerprint density at radius 1 is 1.10 bits per heavy atom. The first-order valence-electron chi connectivity index (χ1n) is 7.48. The van der Waals surface area contributed by atoms with Gasteiger partial charge in [-0.3, -0.25) is 4.98 Å². The van der Waals surface area contributed by atoms with Crippen LogP contribution in [-0.2, 0) is 6.42 Å². The first-order valence-corrected chi connectivity index (χ1v) is 7.48. The van der Waals surface area contributed by atoms with Gasteiger partial charge in [-0.25, -0.2) is 0 Å². The minimum atomic E-state index is 0.181. The fourth-order valence-electron chi connectivity index (χ4n) is 2.51. The van der Waals surface area contributed by atoms with Crippen molar-refractivity contribution in [2.24, 2.45) is 0 Å². The second kappa shape index (κ2) is 6.55. The van der Waals surface area contributed by atoms with E-state index in [1.165, 1.54) is 5.39 Å². The zero-order valence-corrected chi connectivity index (χ0v) is 12.3. The van der Waals surface area contributed by atoms with Crippen LogP contribution in [0.1, 0.15) is 30.8 Å². The Hall–Kier alpha value is -2.13. The molecule has 1 atom stereocenters. The number of furan rings is 1. The highest BCUT2D eigenvalue weighted by atomic mass is 16.3. The number of nitrogens with zero attached hydrogens (tertiary/aromatic N) is 1. The van der Waals surface area contributed by atoms with Crippen molar-refractivity contribution >= 4 is 10.9 Å². The summed E-state index contributed by atoms with van der Waals surface area (Å²) in [5.74, 6) is 0.985. The Bertz CT molecular complexity index is 691. The first-order chi connectivity index (χ1) is 10.4. The van der Waals surface area contributed by atoms with E-state index in [9.17, 15) is 0 Å². The maximum absolute atomic E-state index is 5.49. The van der Waals surface area contributed by atoms with Crippen molar-refractivity contribution in [2.75, 3.05) is 6.54 Å². The molecule has 0 amide bonds. The molecule has 21 heavy (non-hydrogen) atoms. The van der Waals surface area contributed by atoms with Crippen LogP contribution in [0.25, 0.3) is 10.9 Å². The molecular weight excluding hydrogens is 260 g/mol. The zero-order valence-electron chi connectivity index (χ0n) is 12.3. The van der Waals surface area contributed by atoms with Crippen LogP contribution in [0, 0.1) is 0 Å². The molecule has 3 heteroatoms. The second-order valence-corrected chi connectivity index (χ2v) is 5.22. The van der Waals surface area contributed by atoms with Crippen LogP contribution in [0.3, 0.4) is 0 Å². The summed E-state index contributed by atoms with van der Waals surface area (Å²) in [5, 5.41) is 4.74. The Labute approximate surface area is 125 Å². The first kappa shape index (κ1) is 13.8. The van der Waals surface area contributed by atoms with Gasteiger partial charge >= 0.3 is 0 Å². The molecule has 2 aromatic heterocycles. The van der Waals surface area contributed by atoms with Crippen LogP contribution in [0.5, 0.6) is 0 Å². The van der Waals surface area contributed by atoms with Gasteiger partial charge in [0.05, 0.1) is 23.5 Å². The Balaban J connectivity index is 1.89. The van der Waals surface area contributed by atoms with Gasteiger partial charge in [-0.1, -0.05) is 31.2 Å². The fourth-order valence-corrected chi connectivity index (χ4v) is 2.51. The average molecular weight is 280 g/mol. The highest BCUT2D eigenvalue weighted by Crippen LogP contribution is 2.20. The molecule has 3 rings (SSSR count). The predicted molar refractivity (Wildman–Crippen MR) is 85.2 cm³/mol. The largest absolute Gasteiger partial charge is 0.469 e. The lowest BCUT2D eigenvalue weighted by atomic mass is 10.1. The molecule has 0 saturated carbocycles. The Morgan fingerprint density at radius 2 is 2.00 bits per heavy atom. The summed E-state index contributed by atoms with van der Waals surface area (Å²) in [4.78, 5) is 4.80. The molecule has 0 bridgehead atoms. The van der Waals surface area contributed by atoms with Crippen LogP contribution >= 0.6 is 0 Å². The van der Waals surface area contributed by atoms with E-state index in [2.05, 4.69) is 36.5 Å². The molecule has 3 aromatic rings. The Kier molecular flexibility index (Phi) is 4.31. The van der Waals surface area contributed by atoms with Gasteiger partial charge in [0.15, 0.2) is 0 Å². The molecule has 1 unspecified atom stereocenters. The lowest BCUT2D eigenvalue weighted by Gasteiger charge is -2.17. The lowest BCUT2D eigenvalue weighted by Crippen LogP contribution is -2.24. The van der Waals surface area contributed by atoms with Crippen LogP contribution in [0.2, 0.25) is 0 Å². The molecule has 0 aliphatic heterocycles. The van der Waals surface area contributed by atoms with E-state index in [0.717, 1.165) is 36.4 Å². The van der Waals surface area contributed by atoms with Crippen molar-refractivity contribution < 1.29 is 4.42 Å². The van der Waals surface area contributed by atoms with Gasteiger partial charge in [0, 0.05) is 11.8 Å². The van der Waals surface area contributed by atoms with E-state index >= 15 is 0 Å². The third kappa shape index (κ3) is 3.31. The van der Waals surface area contributed by atoms with E-state index in [4.69, 9.17) is 9.40 Å². The molecule has 0 saturated heterocycles. The average Bonchev–Trinajstić information content (AvgIpc) is 3.04.